The minimum absolute atomic E-state index is 0.100. The summed E-state index contributed by atoms with van der Waals surface area (Å²) in [6, 6.07) is 44.6. The molecule has 0 atom stereocenters. The Morgan fingerprint density at radius 2 is 1.20 bits per heavy atom. The number of H-pyrrole nitrogens is 1. The van der Waals surface area contributed by atoms with Gasteiger partial charge in [0.05, 0.1) is 22.1 Å². The first kappa shape index (κ1) is 21.5. The van der Waals surface area contributed by atoms with Gasteiger partial charge in [-0.3, -0.25) is 4.79 Å². The molecule has 1 aliphatic carbocycles. The standard InChI is InChI=1S/C37H22N2O/c40-37-29-12-5-4-10-25(29)27-16-17-28-30-20-22(14-18-32(30)38-36(28)35(27)37)23-15-19-34-31(21-23)26-11-6-7-13-33(26)39(34)24-8-2-1-3-9-24/h1-21,38H. The molecule has 186 valence electrons. The minimum Gasteiger partial charge on any atom is -0.354 e. The minimum atomic E-state index is 0.100. The summed E-state index contributed by atoms with van der Waals surface area (Å²) in [5, 5.41) is 4.69. The molecule has 0 unspecified atom stereocenters. The Morgan fingerprint density at radius 3 is 2.08 bits per heavy atom. The van der Waals surface area contributed by atoms with Gasteiger partial charge in [-0.25, -0.2) is 0 Å². The zero-order chi connectivity index (χ0) is 26.4. The molecule has 2 aromatic heterocycles. The number of aromatic amines is 1. The number of benzene rings is 6. The lowest BCUT2D eigenvalue weighted by molar-refractivity contribution is 0.104. The van der Waals surface area contributed by atoms with Crippen molar-refractivity contribution in [2.24, 2.45) is 0 Å². The molecule has 1 aliphatic rings. The molecule has 0 amide bonds. The maximum absolute atomic E-state index is 13.4. The van der Waals surface area contributed by atoms with Gasteiger partial charge in [-0.15, -0.1) is 0 Å². The van der Waals surface area contributed by atoms with E-state index in [-0.39, 0.29) is 5.78 Å². The summed E-state index contributed by atoms with van der Waals surface area (Å²) in [4.78, 5) is 17.0. The lowest BCUT2D eigenvalue weighted by Crippen LogP contribution is -1.95. The summed E-state index contributed by atoms with van der Waals surface area (Å²) in [7, 11) is 0. The van der Waals surface area contributed by atoms with Crippen LogP contribution in [-0.4, -0.2) is 15.3 Å². The number of fused-ring (bicyclic) bond motifs is 10. The van der Waals surface area contributed by atoms with E-state index in [2.05, 4.69) is 113 Å². The summed E-state index contributed by atoms with van der Waals surface area (Å²) in [6.45, 7) is 0. The maximum Gasteiger partial charge on any atom is 0.196 e. The van der Waals surface area contributed by atoms with Gasteiger partial charge in [0.15, 0.2) is 5.78 Å². The van der Waals surface area contributed by atoms with Gasteiger partial charge < -0.3 is 9.55 Å². The molecular weight excluding hydrogens is 488 g/mol. The number of hydrogen-bond donors (Lipinski definition) is 1. The van der Waals surface area contributed by atoms with Crippen LogP contribution in [0.3, 0.4) is 0 Å². The first-order valence-electron chi connectivity index (χ1n) is 13.6. The Morgan fingerprint density at radius 1 is 0.500 bits per heavy atom. The molecule has 0 saturated heterocycles. The molecule has 0 radical (unpaired) electrons. The van der Waals surface area contributed by atoms with Gasteiger partial charge in [0, 0.05) is 38.3 Å². The van der Waals surface area contributed by atoms with Crippen molar-refractivity contribution >= 4 is 49.4 Å². The summed E-state index contributed by atoms with van der Waals surface area (Å²) in [5.41, 5.74) is 11.4. The first-order valence-corrected chi connectivity index (χ1v) is 13.6. The van der Waals surface area contributed by atoms with Gasteiger partial charge in [-0.1, -0.05) is 84.9 Å². The second kappa shape index (κ2) is 7.81. The Kier molecular flexibility index (Phi) is 4.20. The van der Waals surface area contributed by atoms with Crippen molar-refractivity contribution in [3.63, 3.8) is 0 Å². The molecule has 40 heavy (non-hydrogen) atoms. The van der Waals surface area contributed by atoms with Crippen molar-refractivity contribution in [3.05, 3.63) is 139 Å². The molecule has 0 bridgehead atoms. The second-order valence-corrected chi connectivity index (χ2v) is 10.6. The molecule has 0 fully saturated rings. The third kappa shape index (κ3) is 2.81. The average molecular weight is 511 g/mol. The topological polar surface area (TPSA) is 37.8 Å². The molecule has 2 heterocycles. The lowest BCUT2D eigenvalue weighted by atomic mass is 9.99. The zero-order valence-corrected chi connectivity index (χ0v) is 21.5. The van der Waals surface area contributed by atoms with Crippen LogP contribution in [0.2, 0.25) is 0 Å². The maximum atomic E-state index is 13.4. The SMILES string of the molecule is O=C1c2ccccc2-c2ccc3c([nH]c4ccc(-c5ccc6c(c5)c5ccccc5n6-c5ccccc5)cc43)c21. The number of para-hydroxylation sites is 2. The number of carbonyl (C=O) groups is 1. The summed E-state index contributed by atoms with van der Waals surface area (Å²) in [6.07, 6.45) is 0. The molecule has 3 nitrogen and oxygen atoms in total. The van der Waals surface area contributed by atoms with E-state index in [4.69, 9.17) is 0 Å². The highest BCUT2D eigenvalue weighted by molar-refractivity contribution is 6.29. The van der Waals surface area contributed by atoms with Crippen molar-refractivity contribution in [1.29, 1.82) is 0 Å². The van der Waals surface area contributed by atoms with Gasteiger partial charge >= 0.3 is 0 Å². The largest absolute Gasteiger partial charge is 0.354 e. The van der Waals surface area contributed by atoms with Crippen LogP contribution >= 0.6 is 0 Å². The molecule has 8 aromatic rings. The van der Waals surface area contributed by atoms with Gasteiger partial charge in [0.25, 0.3) is 0 Å². The third-order valence-electron chi connectivity index (χ3n) is 8.48. The quantitative estimate of drug-likeness (QED) is 0.247. The molecule has 1 N–H and O–H groups in total. The van der Waals surface area contributed by atoms with Gasteiger partial charge in [0.1, 0.15) is 0 Å². The van der Waals surface area contributed by atoms with Gasteiger partial charge in [-0.05, 0) is 64.7 Å². The van der Waals surface area contributed by atoms with Crippen molar-refractivity contribution in [2.45, 2.75) is 0 Å². The molecule has 0 spiro atoms. The Labute approximate surface area is 229 Å². The van der Waals surface area contributed by atoms with Crippen LogP contribution in [0.4, 0.5) is 0 Å². The Bertz CT molecular complexity index is 2340. The van der Waals surface area contributed by atoms with E-state index in [0.29, 0.717) is 0 Å². The summed E-state index contributed by atoms with van der Waals surface area (Å²) in [5.74, 6) is 0.100. The zero-order valence-electron chi connectivity index (χ0n) is 21.5. The van der Waals surface area contributed by atoms with Crippen molar-refractivity contribution < 1.29 is 4.79 Å². The van der Waals surface area contributed by atoms with E-state index in [0.717, 1.165) is 55.3 Å². The fourth-order valence-corrected chi connectivity index (χ4v) is 6.67. The van der Waals surface area contributed by atoms with E-state index in [9.17, 15) is 4.79 Å². The normalized spacial score (nSPS) is 12.6. The third-order valence-corrected chi connectivity index (χ3v) is 8.48. The fourth-order valence-electron chi connectivity index (χ4n) is 6.67. The highest BCUT2D eigenvalue weighted by Crippen LogP contribution is 2.42. The van der Waals surface area contributed by atoms with Crippen molar-refractivity contribution in [3.8, 4) is 27.9 Å². The number of rotatable bonds is 2. The molecule has 6 aromatic carbocycles. The molecule has 9 rings (SSSR count). The Hall–Kier alpha value is -5.41. The monoisotopic (exact) mass is 510 g/mol. The number of carbonyl (C=O) groups excluding carboxylic acids is 1. The number of aromatic nitrogens is 2. The summed E-state index contributed by atoms with van der Waals surface area (Å²) < 4.78 is 2.34. The van der Waals surface area contributed by atoms with Crippen LogP contribution in [-0.2, 0) is 0 Å². The summed E-state index contributed by atoms with van der Waals surface area (Å²) >= 11 is 0. The number of hydrogen-bond acceptors (Lipinski definition) is 1. The highest BCUT2D eigenvalue weighted by Gasteiger charge is 2.29. The predicted octanol–water partition coefficient (Wildman–Crippen LogP) is 9.30. The van der Waals surface area contributed by atoms with E-state index in [1.54, 1.807) is 0 Å². The smallest absolute Gasteiger partial charge is 0.196 e. The van der Waals surface area contributed by atoms with Crippen LogP contribution in [0.15, 0.2) is 127 Å². The molecule has 0 saturated carbocycles. The first-order chi connectivity index (χ1) is 19.8. The van der Waals surface area contributed by atoms with Crippen molar-refractivity contribution in [1.82, 2.24) is 9.55 Å². The molecule has 3 heteroatoms. The number of nitrogens with zero attached hydrogens (tertiary/aromatic N) is 1. The van der Waals surface area contributed by atoms with Crippen LogP contribution in [0.5, 0.6) is 0 Å². The second-order valence-electron chi connectivity index (χ2n) is 10.6. The van der Waals surface area contributed by atoms with Crippen LogP contribution in [0.1, 0.15) is 15.9 Å². The van der Waals surface area contributed by atoms with E-state index in [1.807, 2.05) is 24.3 Å². The van der Waals surface area contributed by atoms with Crippen molar-refractivity contribution in [2.75, 3.05) is 0 Å². The van der Waals surface area contributed by atoms with Gasteiger partial charge in [-0.2, -0.15) is 0 Å². The van der Waals surface area contributed by atoms with E-state index >= 15 is 0 Å². The van der Waals surface area contributed by atoms with Crippen LogP contribution in [0, 0.1) is 0 Å². The highest BCUT2D eigenvalue weighted by atomic mass is 16.1. The number of ketones is 1. The fraction of sp³-hybridized carbons (Fsp3) is 0. The predicted molar refractivity (Wildman–Crippen MR) is 164 cm³/mol. The van der Waals surface area contributed by atoms with Crippen LogP contribution < -0.4 is 0 Å². The van der Waals surface area contributed by atoms with E-state index in [1.165, 1.54) is 27.4 Å². The van der Waals surface area contributed by atoms with Gasteiger partial charge in [0.2, 0.25) is 0 Å². The molecular formula is C37H22N2O. The molecule has 0 aliphatic heterocycles. The lowest BCUT2D eigenvalue weighted by Gasteiger charge is -2.08. The van der Waals surface area contributed by atoms with E-state index < -0.39 is 0 Å². The average Bonchev–Trinajstić information content (AvgIpc) is 3.65. The van der Waals surface area contributed by atoms with Crippen LogP contribution in [0.25, 0.3) is 71.6 Å². The Balaban J connectivity index is 1.24. The number of nitrogens with one attached hydrogen (secondary N) is 1.